The first-order chi connectivity index (χ1) is 17.1. The number of nitrogens with zero attached hydrogens (tertiary/aromatic N) is 4. The van der Waals surface area contributed by atoms with Crippen LogP contribution < -0.4 is 15.6 Å². The molecule has 0 aliphatic carbocycles. The van der Waals surface area contributed by atoms with E-state index in [0.717, 1.165) is 18.3 Å². The van der Waals surface area contributed by atoms with E-state index >= 15 is 0 Å². The molecule has 36 heavy (non-hydrogen) atoms. The van der Waals surface area contributed by atoms with Gasteiger partial charge in [-0.15, -0.1) is 0 Å². The molecule has 0 bridgehead atoms. The van der Waals surface area contributed by atoms with Crippen LogP contribution in [0.4, 0.5) is 40.7 Å². The third kappa shape index (κ3) is 5.89. The lowest BCUT2D eigenvalue weighted by molar-refractivity contribution is -0.137. The first-order valence-electron chi connectivity index (χ1n) is 10.4. The monoisotopic (exact) mass is 544 g/mol. The van der Waals surface area contributed by atoms with Crippen molar-refractivity contribution in [3.05, 3.63) is 63.5 Å². The van der Waals surface area contributed by atoms with E-state index in [1.807, 2.05) is 0 Å². The van der Waals surface area contributed by atoms with E-state index in [2.05, 4.69) is 25.8 Å². The van der Waals surface area contributed by atoms with Crippen LogP contribution in [0.5, 0.6) is 5.75 Å². The van der Waals surface area contributed by atoms with E-state index in [0.29, 0.717) is 26.3 Å². The summed E-state index contributed by atoms with van der Waals surface area (Å²) in [6.07, 6.45) is -2.34. The van der Waals surface area contributed by atoms with Gasteiger partial charge >= 0.3 is 6.18 Å². The summed E-state index contributed by atoms with van der Waals surface area (Å²) in [5.41, 5.74) is 1.86. The quantitative estimate of drug-likeness (QED) is 0.209. The van der Waals surface area contributed by atoms with Gasteiger partial charge in [-0.05, 0) is 24.3 Å². The molecule has 2 heterocycles. The maximum absolute atomic E-state index is 14.2. The largest absolute Gasteiger partial charge is 0.506 e. The second kappa shape index (κ2) is 10.7. The highest BCUT2D eigenvalue weighted by Gasteiger charge is 2.30. The topological polar surface area (TPSA) is 94.9 Å². The molecule has 14 heteroatoms. The number of hydrogen-bond acceptors (Lipinski definition) is 8. The molecule has 0 amide bonds. The van der Waals surface area contributed by atoms with Crippen molar-refractivity contribution in [1.29, 1.82) is 0 Å². The number of ether oxygens (including phenoxy) is 1. The highest BCUT2D eigenvalue weighted by Crippen LogP contribution is 2.41. The number of rotatable bonds is 6. The summed E-state index contributed by atoms with van der Waals surface area (Å²) in [5, 5.41) is 16.9. The van der Waals surface area contributed by atoms with Gasteiger partial charge in [0.2, 0.25) is 5.95 Å². The molecule has 0 spiro atoms. The molecule has 0 saturated carbocycles. The zero-order valence-corrected chi connectivity index (χ0v) is 19.8. The molecule has 1 aliphatic rings. The van der Waals surface area contributed by atoms with Gasteiger partial charge < -0.3 is 20.1 Å². The van der Waals surface area contributed by atoms with E-state index in [1.165, 1.54) is 24.4 Å². The van der Waals surface area contributed by atoms with E-state index in [-0.39, 0.29) is 38.7 Å². The molecule has 8 nitrogen and oxygen atoms in total. The second-order valence-electron chi connectivity index (χ2n) is 7.52. The molecule has 2 aromatic carbocycles. The van der Waals surface area contributed by atoms with Gasteiger partial charge in [0.25, 0.3) is 0 Å². The maximum atomic E-state index is 14.2. The molecule has 3 aromatic rings. The van der Waals surface area contributed by atoms with Gasteiger partial charge in [0.15, 0.2) is 11.6 Å². The van der Waals surface area contributed by atoms with Gasteiger partial charge in [0, 0.05) is 24.3 Å². The van der Waals surface area contributed by atoms with Crippen LogP contribution >= 0.6 is 23.2 Å². The van der Waals surface area contributed by atoms with Crippen LogP contribution in [-0.4, -0.2) is 47.6 Å². The molecule has 0 radical (unpaired) electrons. The summed E-state index contributed by atoms with van der Waals surface area (Å²) in [4.78, 5) is 9.68. The smallest absolute Gasteiger partial charge is 0.416 e. The third-order valence-corrected chi connectivity index (χ3v) is 5.75. The minimum Gasteiger partial charge on any atom is -0.506 e. The van der Waals surface area contributed by atoms with E-state index < -0.39 is 23.3 Å². The number of anilines is 4. The summed E-state index contributed by atoms with van der Waals surface area (Å²) in [6, 6.07) is 5.74. The molecule has 1 aromatic heterocycles. The Morgan fingerprint density at radius 3 is 2.64 bits per heavy atom. The summed E-state index contributed by atoms with van der Waals surface area (Å²) in [5.74, 6) is -0.903. The molecule has 190 valence electrons. The van der Waals surface area contributed by atoms with Crippen LogP contribution in [0.1, 0.15) is 11.1 Å². The molecule has 3 N–H and O–H groups in total. The molecule has 1 saturated heterocycles. The number of nitrogens with one attached hydrogen (secondary N) is 2. The Hall–Kier alpha value is -3.35. The number of phenols is 1. The van der Waals surface area contributed by atoms with Crippen molar-refractivity contribution in [2.24, 2.45) is 5.10 Å². The number of alkyl halides is 3. The van der Waals surface area contributed by atoms with Crippen LogP contribution in [0.2, 0.25) is 10.0 Å². The fourth-order valence-electron chi connectivity index (χ4n) is 3.33. The Bertz CT molecular complexity index is 1290. The Balaban J connectivity index is 1.51. The number of hydrogen-bond donors (Lipinski definition) is 3. The summed E-state index contributed by atoms with van der Waals surface area (Å²) in [7, 11) is 0. The molecular weight excluding hydrogens is 527 g/mol. The number of aromatic nitrogens is 2. The SMILES string of the molecule is Oc1c(/C=N\Nc2ncc(F)c(N3CCOCC3)n2)cc(Cl)c(Nc2cccc(C(F)(F)F)c2)c1Cl. The summed E-state index contributed by atoms with van der Waals surface area (Å²) >= 11 is 12.5. The number of phenolic OH excluding ortho intramolecular Hbond substituents is 1. The van der Waals surface area contributed by atoms with E-state index in [4.69, 9.17) is 27.9 Å². The van der Waals surface area contributed by atoms with Gasteiger partial charge in [-0.25, -0.2) is 14.8 Å². The normalized spacial score (nSPS) is 14.3. The van der Waals surface area contributed by atoms with Crippen molar-refractivity contribution >= 4 is 52.6 Å². The van der Waals surface area contributed by atoms with Crippen molar-refractivity contribution in [2.75, 3.05) is 41.9 Å². The van der Waals surface area contributed by atoms with Crippen molar-refractivity contribution < 1.29 is 27.4 Å². The lowest BCUT2D eigenvalue weighted by atomic mass is 10.1. The van der Waals surface area contributed by atoms with Crippen LogP contribution in [0.25, 0.3) is 0 Å². The number of morpholine rings is 1. The number of halogens is 6. The predicted molar refractivity (Wildman–Crippen MR) is 129 cm³/mol. The summed E-state index contributed by atoms with van der Waals surface area (Å²) < 4.78 is 58.4. The molecule has 0 atom stereocenters. The Kier molecular flexibility index (Phi) is 7.67. The van der Waals surface area contributed by atoms with Gasteiger partial charge in [0.1, 0.15) is 10.8 Å². The van der Waals surface area contributed by atoms with E-state index in [9.17, 15) is 22.7 Å². The zero-order chi connectivity index (χ0) is 25.9. The van der Waals surface area contributed by atoms with Crippen molar-refractivity contribution in [1.82, 2.24) is 9.97 Å². The zero-order valence-electron chi connectivity index (χ0n) is 18.3. The highest BCUT2D eigenvalue weighted by atomic mass is 35.5. The maximum Gasteiger partial charge on any atom is 0.416 e. The van der Waals surface area contributed by atoms with Gasteiger partial charge in [-0.2, -0.15) is 23.3 Å². The number of aromatic hydroxyl groups is 1. The Morgan fingerprint density at radius 2 is 1.92 bits per heavy atom. The summed E-state index contributed by atoms with van der Waals surface area (Å²) in [6.45, 7) is 1.85. The third-order valence-electron chi connectivity index (χ3n) is 5.09. The first-order valence-corrected chi connectivity index (χ1v) is 11.2. The van der Waals surface area contributed by atoms with Crippen LogP contribution in [0.15, 0.2) is 41.6 Å². The van der Waals surface area contributed by atoms with Gasteiger partial charge in [0.05, 0.1) is 41.9 Å². The highest BCUT2D eigenvalue weighted by molar-refractivity contribution is 6.40. The average molecular weight is 545 g/mol. The minimum absolute atomic E-state index is 0.00802. The standard InChI is InChI=1S/C22H18Cl2F4N6O2/c23-15-8-12(10-30-33-21-29-11-16(25)20(32-21)34-4-6-36-7-5-34)19(35)17(24)18(15)31-14-3-1-2-13(9-14)22(26,27)28/h1-3,8-11,31,35H,4-7H2,(H,29,32,33)/b30-10-. The van der Waals surface area contributed by atoms with Gasteiger partial charge in [-0.3, -0.25) is 0 Å². The molecule has 4 rings (SSSR count). The second-order valence-corrected chi connectivity index (χ2v) is 8.31. The van der Waals surface area contributed by atoms with Crippen LogP contribution in [0, 0.1) is 5.82 Å². The lowest BCUT2D eigenvalue weighted by Gasteiger charge is -2.27. The minimum atomic E-state index is -4.53. The molecule has 1 aliphatic heterocycles. The van der Waals surface area contributed by atoms with E-state index in [1.54, 1.807) is 4.90 Å². The van der Waals surface area contributed by atoms with Crippen molar-refractivity contribution in [3.63, 3.8) is 0 Å². The lowest BCUT2D eigenvalue weighted by Crippen LogP contribution is -2.37. The fraction of sp³-hybridized carbons (Fsp3) is 0.227. The number of hydrazone groups is 1. The molecule has 0 unspecified atom stereocenters. The van der Waals surface area contributed by atoms with Crippen molar-refractivity contribution in [2.45, 2.75) is 6.18 Å². The van der Waals surface area contributed by atoms with Crippen LogP contribution in [0.3, 0.4) is 0 Å². The molecule has 1 fully saturated rings. The predicted octanol–water partition coefficient (Wildman–Crippen LogP) is 5.67. The first kappa shape index (κ1) is 25.7. The van der Waals surface area contributed by atoms with Crippen LogP contribution in [-0.2, 0) is 10.9 Å². The Labute approximate surface area is 212 Å². The molecular formula is C22H18Cl2F4N6O2. The average Bonchev–Trinajstić information content (AvgIpc) is 2.86. The fourth-order valence-corrected chi connectivity index (χ4v) is 3.89. The van der Waals surface area contributed by atoms with Crippen molar-refractivity contribution in [3.8, 4) is 5.75 Å². The van der Waals surface area contributed by atoms with Gasteiger partial charge in [-0.1, -0.05) is 29.3 Å². The number of benzene rings is 2. The Morgan fingerprint density at radius 1 is 1.17 bits per heavy atom.